The molecule has 1 N–H and O–H groups in total. The summed E-state index contributed by atoms with van der Waals surface area (Å²) in [5.41, 5.74) is 2.37. The Kier molecular flexibility index (Phi) is 3.86. The normalized spacial score (nSPS) is 16.4. The highest BCUT2D eigenvalue weighted by molar-refractivity contribution is 5.83. The molecule has 5 nitrogen and oxygen atoms in total. The summed E-state index contributed by atoms with van der Waals surface area (Å²) in [7, 11) is 0. The average Bonchev–Trinajstić information content (AvgIpc) is 2.66. The van der Waals surface area contributed by atoms with Crippen LogP contribution in [0.1, 0.15) is 18.3 Å². The van der Waals surface area contributed by atoms with Gasteiger partial charge in [-0.2, -0.15) is 5.26 Å². The van der Waals surface area contributed by atoms with Crippen molar-refractivity contribution in [3.05, 3.63) is 81.9 Å². The molecular formula is C21H15N3O2. The van der Waals surface area contributed by atoms with Gasteiger partial charge in [-0.1, -0.05) is 30.3 Å². The van der Waals surface area contributed by atoms with E-state index in [2.05, 4.69) is 16.0 Å². The van der Waals surface area contributed by atoms with Crippen LogP contribution < -0.4 is 10.3 Å². The summed E-state index contributed by atoms with van der Waals surface area (Å²) in [6, 6.07) is 16.9. The molecule has 0 radical (unpaired) electrons. The number of aromatic amines is 1. The summed E-state index contributed by atoms with van der Waals surface area (Å²) in [5.74, 6) is 1.07. The first kappa shape index (κ1) is 15.9. The Hall–Kier alpha value is -3.65. The molecular weight excluding hydrogens is 326 g/mol. The van der Waals surface area contributed by atoms with Gasteiger partial charge in [0.25, 0.3) is 5.56 Å². The number of para-hydroxylation sites is 2. The van der Waals surface area contributed by atoms with Gasteiger partial charge in [-0.15, -0.1) is 0 Å². The van der Waals surface area contributed by atoms with Crippen LogP contribution in [-0.2, 0) is 0 Å². The molecule has 0 fully saturated rings. The van der Waals surface area contributed by atoms with E-state index in [9.17, 15) is 10.1 Å². The minimum Gasteiger partial charge on any atom is -0.485 e. The Labute approximate surface area is 149 Å². The van der Waals surface area contributed by atoms with E-state index in [1.165, 1.54) is 0 Å². The van der Waals surface area contributed by atoms with Gasteiger partial charge in [0.15, 0.2) is 5.82 Å². The minimum absolute atomic E-state index is 0.208. The molecule has 0 saturated heterocycles. The maximum atomic E-state index is 12.3. The highest BCUT2D eigenvalue weighted by Crippen LogP contribution is 2.30. The summed E-state index contributed by atoms with van der Waals surface area (Å²) in [4.78, 5) is 19.4. The van der Waals surface area contributed by atoms with Gasteiger partial charge in [0, 0.05) is 5.56 Å². The van der Waals surface area contributed by atoms with Crippen molar-refractivity contribution in [2.24, 2.45) is 0 Å². The molecule has 5 heteroatoms. The standard InChI is InChI=1S/C21H15N3O2/c1-13-15(10-14-6-2-5-9-19(14)26-13)11-16(12-22)20-23-18-8-4-3-7-17(18)21(25)24-20/h2-11,13H,1H3,(H,23,24,25)/b16-11-/t13-/m1/s1. The van der Waals surface area contributed by atoms with Crippen molar-refractivity contribution in [2.75, 3.05) is 0 Å². The monoisotopic (exact) mass is 341 g/mol. The lowest BCUT2D eigenvalue weighted by Gasteiger charge is -2.23. The second kappa shape index (κ2) is 6.34. The Morgan fingerprint density at radius 2 is 2.00 bits per heavy atom. The van der Waals surface area contributed by atoms with Crippen LogP contribution in [0.4, 0.5) is 0 Å². The number of allylic oxidation sites excluding steroid dienone is 1. The van der Waals surface area contributed by atoms with Crippen LogP contribution >= 0.6 is 0 Å². The smallest absolute Gasteiger partial charge is 0.259 e. The first-order valence-corrected chi connectivity index (χ1v) is 8.24. The first-order valence-electron chi connectivity index (χ1n) is 8.24. The van der Waals surface area contributed by atoms with Gasteiger partial charge in [-0.05, 0) is 42.8 Å². The molecule has 2 aromatic carbocycles. The predicted octanol–water partition coefficient (Wildman–Crippen LogP) is 3.69. The van der Waals surface area contributed by atoms with Crippen LogP contribution in [0.15, 0.2) is 65.0 Å². The van der Waals surface area contributed by atoms with Crippen molar-refractivity contribution in [3.8, 4) is 11.8 Å². The van der Waals surface area contributed by atoms with Crippen LogP contribution in [0.2, 0.25) is 0 Å². The third-order valence-electron chi connectivity index (χ3n) is 4.31. The SMILES string of the molecule is C[C@H]1Oc2ccccc2C=C1/C=C(/C#N)c1nc2ccccc2c(=O)[nH]1. The summed E-state index contributed by atoms with van der Waals surface area (Å²) in [6.45, 7) is 1.92. The molecule has 4 rings (SSSR count). The van der Waals surface area contributed by atoms with Crippen molar-refractivity contribution in [3.63, 3.8) is 0 Å². The maximum absolute atomic E-state index is 12.3. The first-order chi connectivity index (χ1) is 12.7. The minimum atomic E-state index is -0.265. The second-order valence-electron chi connectivity index (χ2n) is 6.04. The highest BCUT2D eigenvalue weighted by atomic mass is 16.5. The lowest BCUT2D eigenvalue weighted by atomic mass is 10.00. The van der Waals surface area contributed by atoms with Crippen molar-refractivity contribution in [1.29, 1.82) is 5.26 Å². The zero-order chi connectivity index (χ0) is 18.1. The number of nitrogens with zero attached hydrogens (tertiary/aromatic N) is 2. The molecule has 0 unspecified atom stereocenters. The van der Waals surface area contributed by atoms with Gasteiger partial charge in [0.05, 0.1) is 16.5 Å². The fraction of sp³-hybridized carbons (Fsp3) is 0.0952. The molecule has 1 aromatic heterocycles. The molecule has 26 heavy (non-hydrogen) atoms. The fourth-order valence-corrected chi connectivity index (χ4v) is 2.96. The number of hydrogen-bond acceptors (Lipinski definition) is 4. The number of nitriles is 1. The number of nitrogens with one attached hydrogen (secondary N) is 1. The van der Waals surface area contributed by atoms with Gasteiger partial charge in [-0.3, -0.25) is 4.79 Å². The van der Waals surface area contributed by atoms with Crippen LogP contribution in [0, 0.1) is 11.3 Å². The lowest BCUT2D eigenvalue weighted by Crippen LogP contribution is -2.18. The summed E-state index contributed by atoms with van der Waals surface area (Å²) >= 11 is 0. The number of H-pyrrole nitrogens is 1. The number of fused-ring (bicyclic) bond motifs is 2. The largest absolute Gasteiger partial charge is 0.485 e. The van der Waals surface area contributed by atoms with E-state index in [0.717, 1.165) is 16.9 Å². The van der Waals surface area contributed by atoms with Gasteiger partial charge < -0.3 is 9.72 Å². The molecule has 0 bridgehead atoms. The van der Waals surface area contributed by atoms with E-state index < -0.39 is 0 Å². The molecule has 126 valence electrons. The number of hydrogen-bond donors (Lipinski definition) is 1. The molecule has 1 aliphatic rings. The fourth-order valence-electron chi connectivity index (χ4n) is 2.96. The van der Waals surface area contributed by atoms with E-state index in [1.807, 2.05) is 43.3 Å². The van der Waals surface area contributed by atoms with Crippen molar-refractivity contribution >= 4 is 22.6 Å². The zero-order valence-corrected chi connectivity index (χ0v) is 14.1. The molecule has 0 spiro atoms. The molecule has 0 amide bonds. The summed E-state index contributed by atoms with van der Waals surface area (Å²) < 4.78 is 5.91. The Morgan fingerprint density at radius 3 is 2.85 bits per heavy atom. The van der Waals surface area contributed by atoms with Crippen molar-refractivity contribution < 1.29 is 4.74 Å². The molecule has 0 aliphatic carbocycles. The number of ether oxygens (including phenoxy) is 1. The third kappa shape index (κ3) is 2.78. The average molecular weight is 341 g/mol. The van der Waals surface area contributed by atoms with Gasteiger partial charge >= 0.3 is 0 Å². The Balaban J connectivity index is 1.82. The van der Waals surface area contributed by atoms with Crippen LogP contribution in [-0.4, -0.2) is 16.1 Å². The molecule has 1 atom stereocenters. The van der Waals surface area contributed by atoms with E-state index in [1.54, 1.807) is 24.3 Å². The zero-order valence-electron chi connectivity index (χ0n) is 14.1. The van der Waals surface area contributed by atoms with E-state index in [0.29, 0.717) is 10.9 Å². The van der Waals surface area contributed by atoms with Crippen molar-refractivity contribution in [1.82, 2.24) is 9.97 Å². The lowest BCUT2D eigenvalue weighted by molar-refractivity contribution is 0.257. The number of benzene rings is 2. The summed E-state index contributed by atoms with van der Waals surface area (Å²) in [5, 5.41) is 10.1. The second-order valence-corrected chi connectivity index (χ2v) is 6.04. The quantitative estimate of drug-likeness (QED) is 0.721. The Bertz CT molecular complexity index is 1170. The Morgan fingerprint density at radius 1 is 1.23 bits per heavy atom. The van der Waals surface area contributed by atoms with Crippen LogP contribution in [0.5, 0.6) is 5.75 Å². The topological polar surface area (TPSA) is 78.8 Å². The molecule has 2 heterocycles. The molecule has 0 saturated carbocycles. The van der Waals surface area contributed by atoms with E-state index in [4.69, 9.17) is 4.74 Å². The molecule has 3 aromatic rings. The van der Waals surface area contributed by atoms with Gasteiger partial charge in [0.2, 0.25) is 0 Å². The van der Waals surface area contributed by atoms with Crippen LogP contribution in [0.3, 0.4) is 0 Å². The maximum Gasteiger partial charge on any atom is 0.259 e. The summed E-state index contributed by atoms with van der Waals surface area (Å²) in [6.07, 6.45) is 3.49. The van der Waals surface area contributed by atoms with Gasteiger partial charge in [0.1, 0.15) is 17.9 Å². The highest BCUT2D eigenvalue weighted by Gasteiger charge is 2.18. The third-order valence-corrected chi connectivity index (χ3v) is 4.31. The van der Waals surface area contributed by atoms with E-state index >= 15 is 0 Å². The van der Waals surface area contributed by atoms with Crippen molar-refractivity contribution in [2.45, 2.75) is 13.0 Å². The van der Waals surface area contributed by atoms with Gasteiger partial charge in [-0.25, -0.2) is 4.98 Å². The number of rotatable bonds is 2. The van der Waals surface area contributed by atoms with Crippen LogP contribution in [0.25, 0.3) is 22.6 Å². The molecule has 1 aliphatic heterocycles. The number of aromatic nitrogens is 2. The predicted molar refractivity (Wildman–Crippen MR) is 100 cm³/mol. The van der Waals surface area contributed by atoms with E-state index in [-0.39, 0.29) is 23.1 Å².